The Kier molecular flexibility index (Phi) is 2.62. The topological polar surface area (TPSA) is 38.0 Å². The maximum atomic E-state index is 5.87. The molecule has 1 saturated carbocycles. The zero-order chi connectivity index (χ0) is 9.97. The molecule has 0 heterocycles. The third-order valence-electron chi connectivity index (χ3n) is 3.02. The Balaban J connectivity index is 2.01. The van der Waals surface area contributed by atoms with E-state index in [4.69, 9.17) is 5.73 Å². The number of para-hydroxylation sites is 2. The number of hydrogen-bond acceptors (Lipinski definition) is 2. The predicted molar refractivity (Wildman–Crippen MR) is 61.3 cm³/mol. The van der Waals surface area contributed by atoms with Crippen molar-refractivity contribution in [3.63, 3.8) is 0 Å². The number of nitrogens with one attached hydrogen (secondary N) is 1. The molecule has 1 aliphatic carbocycles. The number of hydrogen-bond donors (Lipinski definition) is 2. The molecule has 3 N–H and O–H groups in total. The molecule has 2 rings (SSSR count). The fraction of sp³-hybridized carbons (Fsp3) is 0.500. The first-order valence-corrected chi connectivity index (χ1v) is 5.37. The molecule has 1 aromatic rings. The van der Waals surface area contributed by atoms with E-state index in [-0.39, 0.29) is 0 Å². The van der Waals surface area contributed by atoms with Crippen LogP contribution in [-0.4, -0.2) is 6.04 Å². The molecule has 1 fully saturated rings. The van der Waals surface area contributed by atoms with E-state index in [1.54, 1.807) is 0 Å². The highest BCUT2D eigenvalue weighted by atomic mass is 14.9. The zero-order valence-electron chi connectivity index (χ0n) is 8.66. The summed E-state index contributed by atoms with van der Waals surface area (Å²) in [5.74, 6) is 0.859. The van der Waals surface area contributed by atoms with Crippen LogP contribution in [0.3, 0.4) is 0 Å². The van der Waals surface area contributed by atoms with Gasteiger partial charge in [0, 0.05) is 6.04 Å². The van der Waals surface area contributed by atoms with Gasteiger partial charge in [-0.2, -0.15) is 0 Å². The summed E-state index contributed by atoms with van der Waals surface area (Å²) < 4.78 is 0. The third-order valence-corrected chi connectivity index (χ3v) is 3.02. The van der Waals surface area contributed by atoms with Crippen LogP contribution >= 0.6 is 0 Å². The fourth-order valence-corrected chi connectivity index (χ4v) is 2.19. The highest BCUT2D eigenvalue weighted by Gasteiger charge is 2.21. The van der Waals surface area contributed by atoms with Crippen LogP contribution in [0.5, 0.6) is 0 Å². The molecule has 1 aliphatic rings. The SMILES string of the molecule is CC1CCC(Nc2ccccc2N)C1. The molecule has 2 atom stereocenters. The summed E-state index contributed by atoms with van der Waals surface area (Å²) in [5, 5.41) is 3.51. The van der Waals surface area contributed by atoms with Gasteiger partial charge in [-0.15, -0.1) is 0 Å². The van der Waals surface area contributed by atoms with Gasteiger partial charge in [0.1, 0.15) is 0 Å². The number of nitrogen functional groups attached to an aromatic ring is 1. The van der Waals surface area contributed by atoms with Crippen LogP contribution in [0.1, 0.15) is 26.2 Å². The molecule has 1 aromatic carbocycles. The number of anilines is 2. The highest BCUT2D eigenvalue weighted by molar-refractivity contribution is 5.65. The van der Waals surface area contributed by atoms with Gasteiger partial charge in [-0.3, -0.25) is 0 Å². The van der Waals surface area contributed by atoms with E-state index in [2.05, 4.69) is 18.3 Å². The van der Waals surface area contributed by atoms with Crippen molar-refractivity contribution in [2.45, 2.75) is 32.2 Å². The van der Waals surface area contributed by atoms with E-state index in [1.807, 2.05) is 18.2 Å². The van der Waals surface area contributed by atoms with Crippen LogP contribution in [0.15, 0.2) is 24.3 Å². The van der Waals surface area contributed by atoms with E-state index in [0.29, 0.717) is 6.04 Å². The quantitative estimate of drug-likeness (QED) is 0.704. The maximum Gasteiger partial charge on any atom is 0.0576 e. The standard InChI is InChI=1S/C12H18N2/c1-9-6-7-10(8-9)14-12-5-3-2-4-11(12)13/h2-5,9-10,14H,6-8,13H2,1H3. The molecule has 0 saturated heterocycles. The molecular formula is C12H18N2. The van der Waals surface area contributed by atoms with Crippen molar-refractivity contribution >= 4 is 11.4 Å². The Bertz CT molecular complexity index is 309. The van der Waals surface area contributed by atoms with E-state index >= 15 is 0 Å². The summed E-state index contributed by atoms with van der Waals surface area (Å²) in [5.41, 5.74) is 7.81. The molecular weight excluding hydrogens is 172 g/mol. The Morgan fingerprint density at radius 3 is 2.71 bits per heavy atom. The fourth-order valence-electron chi connectivity index (χ4n) is 2.19. The van der Waals surface area contributed by atoms with Crippen LogP contribution in [-0.2, 0) is 0 Å². The Labute approximate surface area is 85.5 Å². The van der Waals surface area contributed by atoms with Gasteiger partial charge in [0.2, 0.25) is 0 Å². The summed E-state index contributed by atoms with van der Waals surface area (Å²) in [4.78, 5) is 0. The Morgan fingerprint density at radius 2 is 2.07 bits per heavy atom. The predicted octanol–water partition coefficient (Wildman–Crippen LogP) is 2.87. The van der Waals surface area contributed by atoms with Gasteiger partial charge in [0.15, 0.2) is 0 Å². The minimum Gasteiger partial charge on any atom is -0.397 e. The molecule has 14 heavy (non-hydrogen) atoms. The van der Waals surface area contributed by atoms with Gasteiger partial charge in [-0.1, -0.05) is 19.1 Å². The molecule has 0 radical (unpaired) electrons. The van der Waals surface area contributed by atoms with Crippen molar-refractivity contribution in [3.8, 4) is 0 Å². The van der Waals surface area contributed by atoms with Gasteiger partial charge in [-0.25, -0.2) is 0 Å². The van der Waals surface area contributed by atoms with E-state index < -0.39 is 0 Å². The van der Waals surface area contributed by atoms with Gasteiger partial charge < -0.3 is 11.1 Å². The van der Waals surface area contributed by atoms with Gasteiger partial charge in [0.25, 0.3) is 0 Å². The Morgan fingerprint density at radius 1 is 1.29 bits per heavy atom. The van der Waals surface area contributed by atoms with Crippen LogP contribution in [0.25, 0.3) is 0 Å². The normalized spacial score (nSPS) is 26.4. The molecule has 2 nitrogen and oxygen atoms in total. The first-order valence-electron chi connectivity index (χ1n) is 5.37. The molecule has 76 valence electrons. The highest BCUT2D eigenvalue weighted by Crippen LogP contribution is 2.29. The van der Waals surface area contributed by atoms with Crippen LogP contribution < -0.4 is 11.1 Å². The lowest BCUT2D eigenvalue weighted by molar-refractivity contribution is 0.603. The number of rotatable bonds is 2. The van der Waals surface area contributed by atoms with Gasteiger partial charge in [0.05, 0.1) is 11.4 Å². The molecule has 0 spiro atoms. The van der Waals surface area contributed by atoms with Gasteiger partial charge in [-0.05, 0) is 37.3 Å². The average Bonchev–Trinajstić information content (AvgIpc) is 2.56. The second-order valence-corrected chi connectivity index (χ2v) is 4.35. The first-order chi connectivity index (χ1) is 6.75. The smallest absolute Gasteiger partial charge is 0.0576 e. The number of nitrogens with two attached hydrogens (primary N) is 1. The van der Waals surface area contributed by atoms with Gasteiger partial charge >= 0.3 is 0 Å². The molecule has 2 unspecified atom stereocenters. The minimum atomic E-state index is 0.620. The first kappa shape index (κ1) is 9.38. The van der Waals surface area contributed by atoms with Crippen LogP contribution in [0.2, 0.25) is 0 Å². The largest absolute Gasteiger partial charge is 0.397 e. The van der Waals surface area contributed by atoms with E-state index in [1.165, 1.54) is 19.3 Å². The minimum absolute atomic E-state index is 0.620. The number of benzene rings is 1. The molecule has 2 heteroatoms. The summed E-state index contributed by atoms with van der Waals surface area (Å²) in [7, 11) is 0. The van der Waals surface area contributed by atoms with Crippen LogP contribution in [0.4, 0.5) is 11.4 Å². The zero-order valence-corrected chi connectivity index (χ0v) is 8.66. The summed E-state index contributed by atoms with van der Waals surface area (Å²) in [6, 6.07) is 8.61. The van der Waals surface area contributed by atoms with Crippen molar-refractivity contribution in [1.29, 1.82) is 0 Å². The van der Waals surface area contributed by atoms with Crippen molar-refractivity contribution in [2.24, 2.45) is 5.92 Å². The molecule has 0 aliphatic heterocycles. The molecule has 0 aromatic heterocycles. The lowest BCUT2D eigenvalue weighted by Gasteiger charge is -2.15. The molecule has 0 bridgehead atoms. The van der Waals surface area contributed by atoms with Crippen LogP contribution in [0, 0.1) is 5.92 Å². The van der Waals surface area contributed by atoms with Crippen molar-refractivity contribution in [1.82, 2.24) is 0 Å². The van der Waals surface area contributed by atoms with Crippen molar-refractivity contribution in [3.05, 3.63) is 24.3 Å². The average molecular weight is 190 g/mol. The maximum absolute atomic E-state index is 5.87. The Hall–Kier alpha value is -1.18. The third kappa shape index (κ3) is 2.00. The lowest BCUT2D eigenvalue weighted by atomic mass is 10.1. The van der Waals surface area contributed by atoms with Crippen molar-refractivity contribution in [2.75, 3.05) is 11.1 Å². The second kappa shape index (κ2) is 3.91. The second-order valence-electron chi connectivity index (χ2n) is 4.35. The van der Waals surface area contributed by atoms with Crippen molar-refractivity contribution < 1.29 is 0 Å². The monoisotopic (exact) mass is 190 g/mol. The van der Waals surface area contributed by atoms with E-state index in [9.17, 15) is 0 Å². The van der Waals surface area contributed by atoms with E-state index in [0.717, 1.165) is 17.3 Å². The summed E-state index contributed by atoms with van der Waals surface area (Å²) in [6.45, 7) is 2.32. The molecule has 0 amide bonds. The summed E-state index contributed by atoms with van der Waals surface area (Å²) >= 11 is 0. The summed E-state index contributed by atoms with van der Waals surface area (Å²) in [6.07, 6.45) is 3.88. The lowest BCUT2D eigenvalue weighted by Crippen LogP contribution is -2.16.